The molecule has 4 rings (SSSR count). The third-order valence-corrected chi connectivity index (χ3v) is 8.81. The third-order valence-electron chi connectivity index (χ3n) is 8.81. The topological polar surface area (TPSA) is 40.5 Å². The van der Waals surface area contributed by atoms with Crippen LogP contribution in [0.5, 0.6) is 0 Å². The van der Waals surface area contributed by atoms with Crippen LogP contribution in [0.4, 0.5) is 0 Å². The maximum atomic E-state index is 10.9. The van der Waals surface area contributed by atoms with E-state index in [9.17, 15) is 10.2 Å². The molecule has 0 aromatic rings. The molecule has 8 atom stereocenters. The summed E-state index contributed by atoms with van der Waals surface area (Å²) in [6, 6.07) is 0. The summed E-state index contributed by atoms with van der Waals surface area (Å²) in [6.07, 6.45) is 12.1. The maximum Gasteiger partial charge on any atom is 0.0754 e. The molecule has 2 N–H and O–H groups in total. The van der Waals surface area contributed by atoms with Crippen LogP contribution in [-0.2, 0) is 0 Å². The van der Waals surface area contributed by atoms with Crippen molar-refractivity contribution in [3.8, 4) is 0 Å². The molecule has 0 heterocycles. The van der Waals surface area contributed by atoms with Gasteiger partial charge in [-0.3, -0.25) is 0 Å². The fourth-order valence-electron chi connectivity index (χ4n) is 7.19. The Morgan fingerprint density at radius 3 is 2.41 bits per heavy atom. The molecule has 0 aromatic carbocycles. The van der Waals surface area contributed by atoms with Crippen LogP contribution in [0.2, 0.25) is 0 Å². The minimum Gasteiger partial charge on any atom is -0.390 e. The average molecular weight is 304 g/mol. The van der Waals surface area contributed by atoms with E-state index in [0.29, 0.717) is 11.8 Å². The number of aliphatic hydroxyl groups excluding tert-OH is 1. The standard InChI is InChI=1S/C20H32O2/c1-18-10-4-5-17(21)16(18)7-6-13-14(18)8-11-19(2)15(13)9-12-20(19,3)22/h4-5,13-17,21-22H,6-12H2,1-3H3/t13-,14+,15+,16+,17?,18-,19+,20+/m1/s1. The molecule has 3 fully saturated rings. The number of fused-ring (bicyclic) bond motifs is 5. The van der Waals surface area contributed by atoms with Crippen molar-refractivity contribution in [2.45, 2.75) is 77.4 Å². The molecule has 0 amide bonds. The fraction of sp³-hybridized carbons (Fsp3) is 0.900. The van der Waals surface area contributed by atoms with Crippen molar-refractivity contribution >= 4 is 0 Å². The lowest BCUT2D eigenvalue weighted by molar-refractivity contribution is -0.149. The van der Waals surface area contributed by atoms with Gasteiger partial charge in [0.25, 0.3) is 0 Å². The van der Waals surface area contributed by atoms with Crippen molar-refractivity contribution in [3.05, 3.63) is 12.2 Å². The highest BCUT2D eigenvalue weighted by Gasteiger charge is 2.63. The first-order chi connectivity index (χ1) is 10.3. The van der Waals surface area contributed by atoms with Gasteiger partial charge in [0.05, 0.1) is 11.7 Å². The maximum absolute atomic E-state index is 10.9. The predicted molar refractivity (Wildman–Crippen MR) is 88.3 cm³/mol. The second-order valence-electron chi connectivity index (χ2n) is 9.46. The summed E-state index contributed by atoms with van der Waals surface area (Å²) < 4.78 is 0. The Labute approximate surface area is 135 Å². The molecule has 124 valence electrons. The fourth-order valence-corrected chi connectivity index (χ4v) is 7.19. The van der Waals surface area contributed by atoms with Gasteiger partial charge >= 0.3 is 0 Å². The van der Waals surface area contributed by atoms with Gasteiger partial charge in [0, 0.05) is 0 Å². The minimum atomic E-state index is -0.480. The Morgan fingerprint density at radius 2 is 1.64 bits per heavy atom. The smallest absolute Gasteiger partial charge is 0.0754 e. The lowest BCUT2D eigenvalue weighted by Gasteiger charge is -2.61. The normalized spacial score (nSPS) is 60.5. The van der Waals surface area contributed by atoms with E-state index in [1.807, 2.05) is 6.08 Å². The van der Waals surface area contributed by atoms with Crippen molar-refractivity contribution in [1.29, 1.82) is 0 Å². The molecule has 0 bridgehead atoms. The Kier molecular flexibility index (Phi) is 3.18. The van der Waals surface area contributed by atoms with Crippen LogP contribution in [0.1, 0.15) is 65.7 Å². The van der Waals surface area contributed by atoms with E-state index in [1.165, 1.54) is 19.3 Å². The molecule has 0 radical (unpaired) electrons. The van der Waals surface area contributed by atoms with Crippen molar-refractivity contribution in [2.75, 3.05) is 0 Å². The van der Waals surface area contributed by atoms with Gasteiger partial charge < -0.3 is 10.2 Å². The molecule has 4 aliphatic carbocycles. The molecule has 2 heteroatoms. The molecule has 0 saturated heterocycles. The van der Waals surface area contributed by atoms with E-state index in [4.69, 9.17) is 0 Å². The van der Waals surface area contributed by atoms with Gasteiger partial charge in [-0.15, -0.1) is 0 Å². The van der Waals surface area contributed by atoms with Gasteiger partial charge in [0.2, 0.25) is 0 Å². The molecule has 4 aliphatic rings. The summed E-state index contributed by atoms with van der Waals surface area (Å²) in [5.41, 5.74) is -0.0975. The van der Waals surface area contributed by atoms with Crippen LogP contribution in [0.3, 0.4) is 0 Å². The van der Waals surface area contributed by atoms with Gasteiger partial charge in [-0.2, -0.15) is 0 Å². The monoisotopic (exact) mass is 304 g/mol. The number of hydrogen-bond donors (Lipinski definition) is 2. The summed E-state index contributed by atoms with van der Waals surface area (Å²) in [6.45, 7) is 6.87. The minimum absolute atomic E-state index is 0.112. The van der Waals surface area contributed by atoms with E-state index in [1.54, 1.807) is 0 Å². The van der Waals surface area contributed by atoms with Crippen LogP contribution in [-0.4, -0.2) is 21.9 Å². The SMILES string of the molecule is C[C@]12CC=CC(O)[C@@H]1CC[C@@H]1[C@@H]2CC[C@@]2(C)[C@H]1CC[C@]2(C)O. The molecule has 0 aromatic heterocycles. The van der Waals surface area contributed by atoms with Crippen molar-refractivity contribution in [3.63, 3.8) is 0 Å². The lowest BCUT2D eigenvalue weighted by atomic mass is 9.45. The number of aliphatic hydroxyl groups is 2. The second-order valence-corrected chi connectivity index (χ2v) is 9.46. The Balaban J connectivity index is 1.68. The molecule has 0 spiro atoms. The molecular formula is C20H32O2. The molecule has 0 aliphatic heterocycles. The summed E-state index contributed by atoms with van der Waals surface area (Å²) >= 11 is 0. The molecule has 2 nitrogen and oxygen atoms in total. The second kappa shape index (κ2) is 4.60. The summed E-state index contributed by atoms with van der Waals surface area (Å²) in [4.78, 5) is 0. The molecule has 3 saturated carbocycles. The lowest BCUT2D eigenvalue weighted by Crippen LogP contribution is -2.56. The Hall–Kier alpha value is -0.340. The van der Waals surface area contributed by atoms with Gasteiger partial charge in [-0.05, 0) is 86.4 Å². The quantitative estimate of drug-likeness (QED) is 0.666. The van der Waals surface area contributed by atoms with Crippen molar-refractivity contribution in [2.24, 2.45) is 34.5 Å². The average Bonchev–Trinajstić information content (AvgIpc) is 2.69. The van der Waals surface area contributed by atoms with Crippen LogP contribution >= 0.6 is 0 Å². The first-order valence-electron chi connectivity index (χ1n) is 9.37. The zero-order valence-corrected chi connectivity index (χ0v) is 14.4. The summed E-state index contributed by atoms with van der Waals surface area (Å²) in [5.74, 6) is 2.62. The van der Waals surface area contributed by atoms with Crippen LogP contribution < -0.4 is 0 Å². The van der Waals surface area contributed by atoms with Crippen LogP contribution in [0, 0.1) is 34.5 Å². The van der Waals surface area contributed by atoms with Gasteiger partial charge in [0.15, 0.2) is 0 Å². The van der Waals surface area contributed by atoms with E-state index in [-0.39, 0.29) is 16.9 Å². The Morgan fingerprint density at radius 1 is 0.909 bits per heavy atom. The summed E-state index contributed by atoms with van der Waals surface area (Å²) in [7, 11) is 0. The first-order valence-corrected chi connectivity index (χ1v) is 9.37. The van der Waals surface area contributed by atoms with E-state index < -0.39 is 5.60 Å². The van der Waals surface area contributed by atoms with Gasteiger partial charge in [-0.1, -0.05) is 26.0 Å². The zero-order valence-electron chi connectivity index (χ0n) is 14.4. The Bertz CT molecular complexity index is 496. The van der Waals surface area contributed by atoms with Crippen molar-refractivity contribution in [1.82, 2.24) is 0 Å². The number of rotatable bonds is 0. The van der Waals surface area contributed by atoms with Gasteiger partial charge in [0.1, 0.15) is 0 Å². The third kappa shape index (κ3) is 1.74. The molecular weight excluding hydrogens is 272 g/mol. The number of allylic oxidation sites excluding steroid dienone is 1. The zero-order chi connectivity index (χ0) is 15.8. The van der Waals surface area contributed by atoms with Crippen molar-refractivity contribution < 1.29 is 10.2 Å². The molecule has 1 unspecified atom stereocenters. The predicted octanol–water partition coefficient (Wildman–Crippen LogP) is 3.92. The number of hydrogen-bond acceptors (Lipinski definition) is 2. The highest BCUT2D eigenvalue weighted by Crippen LogP contribution is 2.67. The first kappa shape index (κ1) is 15.2. The van der Waals surface area contributed by atoms with Gasteiger partial charge in [-0.25, -0.2) is 0 Å². The molecule has 22 heavy (non-hydrogen) atoms. The van der Waals surface area contributed by atoms with Crippen LogP contribution in [0.15, 0.2) is 12.2 Å². The van der Waals surface area contributed by atoms with E-state index >= 15 is 0 Å². The highest BCUT2D eigenvalue weighted by atomic mass is 16.3. The summed E-state index contributed by atoms with van der Waals surface area (Å²) in [5, 5.41) is 21.4. The van der Waals surface area contributed by atoms with E-state index in [0.717, 1.165) is 37.5 Å². The van der Waals surface area contributed by atoms with E-state index in [2.05, 4.69) is 26.8 Å². The van der Waals surface area contributed by atoms with Crippen LogP contribution in [0.25, 0.3) is 0 Å². The largest absolute Gasteiger partial charge is 0.390 e. The highest BCUT2D eigenvalue weighted by molar-refractivity contribution is 5.16.